The van der Waals surface area contributed by atoms with Gasteiger partial charge in [-0.15, -0.1) is 0 Å². The molecule has 1 fully saturated rings. The lowest BCUT2D eigenvalue weighted by atomic mass is 9.72. The zero-order valence-electron chi connectivity index (χ0n) is 7.70. The number of rotatable bonds is 0. The second kappa shape index (κ2) is 2.74. The van der Waals surface area contributed by atoms with Gasteiger partial charge in [0.15, 0.2) is 0 Å². The van der Waals surface area contributed by atoms with E-state index in [1.807, 2.05) is 0 Å². The van der Waals surface area contributed by atoms with Crippen molar-refractivity contribution in [3.05, 3.63) is 23.8 Å². The van der Waals surface area contributed by atoms with Crippen molar-refractivity contribution >= 4 is 0 Å². The Hall–Kier alpha value is -0.560. The van der Waals surface area contributed by atoms with Crippen molar-refractivity contribution in [2.24, 2.45) is 17.8 Å². The lowest BCUT2D eigenvalue weighted by Gasteiger charge is -2.35. The molecule has 0 aromatic carbocycles. The van der Waals surface area contributed by atoms with Crippen molar-refractivity contribution in [3.63, 3.8) is 0 Å². The Balaban J connectivity index is 2.25. The molecule has 2 aliphatic rings. The molecule has 0 aliphatic heterocycles. The number of fused-ring (bicyclic) bond motifs is 1. The predicted molar refractivity (Wildman–Crippen MR) is 49.7 cm³/mol. The van der Waals surface area contributed by atoms with Crippen molar-refractivity contribution < 1.29 is 5.11 Å². The highest BCUT2D eigenvalue weighted by Crippen LogP contribution is 2.41. The number of hydrogen-bond acceptors (Lipinski definition) is 1. The van der Waals surface area contributed by atoms with Crippen LogP contribution in [0.2, 0.25) is 0 Å². The van der Waals surface area contributed by atoms with E-state index in [-0.39, 0.29) is 6.10 Å². The van der Waals surface area contributed by atoms with E-state index in [4.69, 9.17) is 0 Å². The summed E-state index contributed by atoms with van der Waals surface area (Å²) in [6.07, 6.45) is 7.40. The van der Waals surface area contributed by atoms with E-state index >= 15 is 0 Å². The van der Waals surface area contributed by atoms with Gasteiger partial charge < -0.3 is 5.11 Å². The molecule has 1 heteroatoms. The minimum atomic E-state index is -0.123. The van der Waals surface area contributed by atoms with Gasteiger partial charge in [-0.2, -0.15) is 0 Å². The first kappa shape index (κ1) is 8.06. The molecule has 0 bridgehead atoms. The highest BCUT2D eigenvalue weighted by atomic mass is 16.3. The summed E-state index contributed by atoms with van der Waals surface area (Å²) < 4.78 is 0. The number of aliphatic hydroxyl groups is 1. The fraction of sp³-hybridized carbons (Fsp3) is 0.636. The summed E-state index contributed by atoms with van der Waals surface area (Å²) in [6, 6.07) is 0. The molecule has 4 unspecified atom stereocenters. The highest BCUT2D eigenvalue weighted by molar-refractivity contribution is 5.32. The Kier molecular flexibility index (Phi) is 1.84. The molecule has 0 amide bonds. The summed E-state index contributed by atoms with van der Waals surface area (Å²) in [4.78, 5) is 0. The maximum atomic E-state index is 9.73. The van der Waals surface area contributed by atoms with E-state index < -0.39 is 0 Å². The van der Waals surface area contributed by atoms with Crippen LogP contribution in [-0.2, 0) is 0 Å². The van der Waals surface area contributed by atoms with E-state index in [1.54, 1.807) is 0 Å². The Labute approximate surface area is 73.8 Å². The smallest absolute Gasteiger partial charge is 0.0606 e. The molecule has 0 aromatic rings. The van der Waals surface area contributed by atoms with Gasteiger partial charge >= 0.3 is 0 Å². The fourth-order valence-electron chi connectivity index (χ4n) is 2.44. The predicted octanol–water partition coefficient (Wildman–Crippen LogP) is 2.14. The van der Waals surface area contributed by atoms with Crippen LogP contribution in [0.25, 0.3) is 0 Å². The van der Waals surface area contributed by atoms with E-state index in [9.17, 15) is 5.11 Å². The largest absolute Gasteiger partial charge is 0.393 e. The van der Waals surface area contributed by atoms with Gasteiger partial charge in [0.1, 0.15) is 0 Å². The van der Waals surface area contributed by atoms with Crippen LogP contribution in [0, 0.1) is 17.8 Å². The molecule has 0 heterocycles. The second-order valence-electron chi connectivity index (χ2n) is 4.15. The summed E-state index contributed by atoms with van der Waals surface area (Å²) in [7, 11) is 0. The van der Waals surface area contributed by atoms with Crippen molar-refractivity contribution in [3.8, 4) is 0 Å². The van der Waals surface area contributed by atoms with E-state index in [1.165, 1.54) is 5.57 Å². The molecule has 2 rings (SSSR count). The zero-order valence-corrected chi connectivity index (χ0v) is 7.70. The fourth-order valence-corrected chi connectivity index (χ4v) is 2.44. The van der Waals surface area contributed by atoms with Gasteiger partial charge in [0.05, 0.1) is 6.10 Å². The summed E-state index contributed by atoms with van der Waals surface area (Å²) >= 11 is 0. The van der Waals surface area contributed by atoms with Gasteiger partial charge in [0.2, 0.25) is 0 Å². The highest BCUT2D eigenvalue weighted by Gasteiger charge is 2.35. The van der Waals surface area contributed by atoms with E-state index in [2.05, 4.69) is 32.1 Å². The quantitative estimate of drug-likeness (QED) is 0.581. The molecular formula is C11H16O. The maximum absolute atomic E-state index is 9.73. The SMILES string of the molecule is CC1CC(O)C(C)C2=CC=CC21. The molecule has 2 aliphatic carbocycles. The molecular weight excluding hydrogens is 148 g/mol. The Bertz CT molecular complexity index is 239. The Morgan fingerprint density at radius 1 is 1.42 bits per heavy atom. The third-order valence-electron chi connectivity index (χ3n) is 3.32. The first-order valence-corrected chi connectivity index (χ1v) is 4.76. The first-order valence-electron chi connectivity index (χ1n) is 4.76. The average Bonchev–Trinajstić information content (AvgIpc) is 2.48. The molecule has 1 saturated carbocycles. The normalized spacial score (nSPS) is 45.8. The molecule has 1 N–H and O–H groups in total. The molecule has 12 heavy (non-hydrogen) atoms. The van der Waals surface area contributed by atoms with Crippen LogP contribution in [0.1, 0.15) is 20.3 Å². The molecule has 0 aromatic heterocycles. The summed E-state index contributed by atoms with van der Waals surface area (Å²) in [5, 5.41) is 9.73. The van der Waals surface area contributed by atoms with Crippen molar-refractivity contribution in [2.45, 2.75) is 26.4 Å². The van der Waals surface area contributed by atoms with Crippen molar-refractivity contribution in [2.75, 3.05) is 0 Å². The Morgan fingerprint density at radius 3 is 2.92 bits per heavy atom. The maximum Gasteiger partial charge on any atom is 0.0606 e. The molecule has 0 saturated heterocycles. The van der Waals surface area contributed by atoms with Crippen LogP contribution >= 0.6 is 0 Å². The minimum absolute atomic E-state index is 0.123. The van der Waals surface area contributed by atoms with E-state index in [0.29, 0.717) is 17.8 Å². The molecule has 0 radical (unpaired) electrons. The average molecular weight is 164 g/mol. The zero-order chi connectivity index (χ0) is 8.72. The molecule has 1 nitrogen and oxygen atoms in total. The monoisotopic (exact) mass is 164 g/mol. The summed E-state index contributed by atoms with van der Waals surface area (Å²) in [6.45, 7) is 4.35. The Morgan fingerprint density at radius 2 is 2.17 bits per heavy atom. The first-order chi connectivity index (χ1) is 5.70. The molecule has 0 spiro atoms. The van der Waals surface area contributed by atoms with Gasteiger partial charge in [-0.05, 0) is 12.3 Å². The van der Waals surface area contributed by atoms with E-state index in [0.717, 1.165) is 6.42 Å². The van der Waals surface area contributed by atoms with Gasteiger partial charge in [0, 0.05) is 11.8 Å². The summed E-state index contributed by atoms with van der Waals surface area (Å²) in [5.41, 5.74) is 1.43. The standard InChI is InChI=1S/C11H16O/c1-7-6-11(12)8(2)10-5-3-4-9(7)10/h3-5,7-9,11-12H,6H2,1-2H3. The number of hydrogen-bond donors (Lipinski definition) is 1. The second-order valence-corrected chi connectivity index (χ2v) is 4.15. The van der Waals surface area contributed by atoms with Crippen molar-refractivity contribution in [1.82, 2.24) is 0 Å². The van der Waals surface area contributed by atoms with Gasteiger partial charge in [0.25, 0.3) is 0 Å². The van der Waals surface area contributed by atoms with Gasteiger partial charge in [-0.25, -0.2) is 0 Å². The van der Waals surface area contributed by atoms with Crippen LogP contribution in [-0.4, -0.2) is 11.2 Å². The lowest BCUT2D eigenvalue weighted by Crippen LogP contribution is -2.33. The molecule has 66 valence electrons. The van der Waals surface area contributed by atoms with Crippen LogP contribution < -0.4 is 0 Å². The third kappa shape index (κ3) is 1.04. The van der Waals surface area contributed by atoms with Crippen LogP contribution in [0.4, 0.5) is 0 Å². The third-order valence-corrected chi connectivity index (χ3v) is 3.32. The number of allylic oxidation sites excluding steroid dienone is 3. The summed E-state index contributed by atoms with van der Waals surface area (Å²) in [5.74, 6) is 1.59. The topological polar surface area (TPSA) is 20.2 Å². The van der Waals surface area contributed by atoms with Gasteiger partial charge in [-0.1, -0.05) is 37.6 Å². The lowest BCUT2D eigenvalue weighted by molar-refractivity contribution is 0.0748. The van der Waals surface area contributed by atoms with Crippen LogP contribution in [0.5, 0.6) is 0 Å². The van der Waals surface area contributed by atoms with Gasteiger partial charge in [-0.3, -0.25) is 0 Å². The van der Waals surface area contributed by atoms with Crippen LogP contribution in [0.3, 0.4) is 0 Å². The number of aliphatic hydroxyl groups excluding tert-OH is 1. The minimum Gasteiger partial charge on any atom is -0.393 e. The van der Waals surface area contributed by atoms with Crippen LogP contribution in [0.15, 0.2) is 23.8 Å². The van der Waals surface area contributed by atoms with Crippen molar-refractivity contribution in [1.29, 1.82) is 0 Å². The molecule has 4 atom stereocenters.